The van der Waals surface area contributed by atoms with Gasteiger partial charge in [-0.1, -0.05) is 0 Å². The Morgan fingerprint density at radius 2 is 0.910 bits per heavy atom. The molecule has 23 heteroatoms. The molecule has 1 fully saturated rings. The molecule has 0 aliphatic carbocycles. The number of unbranched alkanes of at least 4 members (excludes halogenated alkanes) is 6. The van der Waals surface area contributed by atoms with E-state index in [9.17, 15) is 33.6 Å². The Hall–Kier alpha value is -4.23. The third kappa shape index (κ3) is 52.6. The van der Waals surface area contributed by atoms with Crippen molar-refractivity contribution in [1.29, 1.82) is 0 Å². The summed E-state index contributed by atoms with van der Waals surface area (Å²) in [6.07, 6.45) is 10.3. The largest absolute Gasteiger partial charge is 0.442 e. The first-order valence-electron chi connectivity index (χ1n) is 23.1. The van der Waals surface area contributed by atoms with Gasteiger partial charge in [0.05, 0.1) is 19.8 Å². The van der Waals surface area contributed by atoms with Gasteiger partial charge < -0.3 is 49.7 Å². The van der Waals surface area contributed by atoms with Crippen LogP contribution in [0.4, 0.5) is 9.59 Å². The Kier molecular flexibility index (Phi) is 45.6. The number of hydrogen-bond donors (Lipinski definition) is 6. The van der Waals surface area contributed by atoms with E-state index in [1.807, 2.05) is 0 Å². The fourth-order valence-corrected chi connectivity index (χ4v) is 4.76. The van der Waals surface area contributed by atoms with Crippen molar-refractivity contribution in [3.63, 3.8) is 0 Å². The summed E-state index contributed by atoms with van der Waals surface area (Å²) in [4.78, 5) is 97.3. The van der Waals surface area contributed by atoms with Crippen molar-refractivity contribution in [3.05, 3.63) is 0 Å². The first-order valence-corrected chi connectivity index (χ1v) is 23.1. The predicted molar refractivity (Wildman–Crippen MR) is 248 cm³/mol. The van der Waals surface area contributed by atoms with Crippen LogP contribution in [0.3, 0.4) is 0 Å². The van der Waals surface area contributed by atoms with Gasteiger partial charge in [0, 0.05) is 86.3 Å². The highest BCUT2D eigenvalue weighted by Crippen LogP contribution is 2.13. The molecular weight excluding hydrogens is 883 g/mol. The lowest BCUT2D eigenvalue weighted by molar-refractivity contribution is -0.197. The smallest absolute Gasteiger partial charge is 0.431 e. The Balaban J connectivity index is -0.000000829. The molecule has 1 aliphatic rings. The van der Waals surface area contributed by atoms with E-state index in [0.717, 1.165) is 77.2 Å². The predicted octanol–water partition coefficient (Wildman–Crippen LogP) is 4.34. The molecule has 0 aromatic carbocycles. The molecule has 23 nitrogen and oxygen atoms in total. The highest BCUT2D eigenvalue weighted by atomic mass is 16.7. The van der Waals surface area contributed by atoms with Crippen LogP contribution >= 0.6 is 0 Å². The molecule has 0 saturated carbocycles. The molecule has 394 valence electrons. The maximum absolute atomic E-state index is 11.5. The first kappa shape index (κ1) is 67.0. The lowest BCUT2D eigenvalue weighted by atomic mass is 10.2. The molecule has 8 N–H and O–H groups in total. The van der Waals surface area contributed by atoms with Gasteiger partial charge in [-0.05, 0) is 125 Å². The van der Waals surface area contributed by atoms with Crippen LogP contribution in [0, 0.1) is 0 Å². The number of imide groups is 1. The summed E-state index contributed by atoms with van der Waals surface area (Å²) in [6.45, 7) is 16.0. The Morgan fingerprint density at radius 3 is 1.28 bits per heavy atom. The first-order chi connectivity index (χ1) is 31.8. The molecule has 1 rings (SSSR count). The van der Waals surface area contributed by atoms with Crippen molar-refractivity contribution in [2.45, 2.75) is 162 Å². The van der Waals surface area contributed by atoms with Gasteiger partial charge in [-0.3, -0.25) is 28.9 Å². The fourth-order valence-electron chi connectivity index (χ4n) is 4.76. The highest BCUT2D eigenvalue weighted by Gasteiger charge is 2.32. The van der Waals surface area contributed by atoms with E-state index in [1.54, 1.807) is 62.9 Å². The van der Waals surface area contributed by atoms with E-state index in [1.165, 1.54) is 0 Å². The van der Waals surface area contributed by atoms with Crippen LogP contribution in [0.1, 0.15) is 151 Å². The number of rotatable bonds is 32. The number of ether oxygens (including phenoxy) is 5. The summed E-state index contributed by atoms with van der Waals surface area (Å²) >= 11 is 0. The SMILES string of the molecule is CC(C)(C)OC(=O)NOCCCCN.COCCCCC(=O)NCCCCON.COCCCCC(=O)NCCCCONC(=O)OC(C)(C)C.COCCCCC(=O)ON1C(=O)CCC1=O. The molecule has 0 radical (unpaired) electrons. The number of amides is 6. The average Bonchev–Trinajstić information content (AvgIpc) is 3.56. The molecule has 0 aromatic heterocycles. The number of nitrogens with zero attached hydrogens (tertiary/aromatic N) is 1. The second kappa shape index (κ2) is 45.5. The molecule has 67 heavy (non-hydrogen) atoms. The van der Waals surface area contributed by atoms with Crippen molar-refractivity contribution in [2.75, 3.05) is 80.6 Å². The molecule has 0 atom stereocenters. The van der Waals surface area contributed by atoms with Gasteiger partial charge >= 0.3 is 18.2 Å². The van der Waals surface area contributed by atoms with Gasteiger partial charge in [0.25, 0.3) is 11.8 Å². The van der Waals surface area contributed by atoms with E-state index in [2.05, 4.69) is 31.3 Å². The molecule has 1 saturated heterocycles. The topological polar surface area (TPSA) is 306 Å². The van der Waals surface area contributed by atoms with Crippen LogP contribution in [-0.4, -0.2) is 139 Å². The molecular formula is C44H87N7O16. The minimum absolute atomic E-state index is 0.0592. The Bertz CT molecular complexity index is 1280. The van der Waals surface area contributed by atoms with E-state index in [4.69, 9.17) is 45.0 Å². The standard InChI is InChI=1S/C15H30N2O5.C10H22N2O3.C10H15NO5.C9H20N2O3/c1-15(2,3)22-14(19)17-21-12-8-6-10-16-13(18)9-5-7-11-20-4;1-14-8-4-2-6-10(13)12-7-3-5-9-15-11;1-15-7-3-2-4-10(14)16-11-8(12)5-6-9(11)13;1-9(2,3)14-8(12)11-13-7-5-4-6-10/h5-12H2,1-4H3,(H,16,18)(H,17,19);2-9,11H2,1H3,(H,12,13);2-7H2,1H3;4-7,10H2,1-3H3,(H,11,12). The van der Waals surface area contributed by atoms with E-state index < -0.39 is 41.2 Å². The van der Waals surface area contributed by atoms with Crippen LogP contribution in [-0.2, 0) is 67.0 Å². The molecule has 0 aromatic rings. The van der Waals surface area contributed by atoms with Crippen molar-refractivity contribution in [2.24, 2.45) is 11.6 Å². The molecule has 0 unspecified atom stereocenters. The molecule has 0 spiro atoms. The molecule has 1 aliphatic heterocycles. The van der Waals surface area contributed by atoms with E-state index in [-0.39, 0.29) is 31.1 Å². The van der Waals surface area contributed by atoms with Gasteiger partial charge in [0.1, 0.15) is 11.2 Å². The number of nitrogens with two attached hydrogens (primary N) is 2. The highest BCUT2D eigenvalue weighted by molar-refractivity contribution is 6.01. The quantitative estimate of drug-likeness (QED) is 0.0310. The number of hydroxylamine groups is 4. The summed E-state index contributed by atoms with van der Waals surface area (Å²) in [7, 11) is 4.90. The Morgan fingerprint density at radius 1 is 0.537 bits per heavy atom. The number of carbonyl (C=O) groups excluding carboxylic acids is 7. The van der Waals surface area contributed by atoms with Crippen LogP contribution in [0.15, 0.2) is 0 Å². The normalized spacial score (nSPS) is 12.0. The lowest BCUT2D eigenvalue weighted by Crippen LogP contribution is -2.32. The van der Waals surface area contributed by atoms with Crippen molar-refractivity contribution < 1.29 is 76.6 Å². The van der Waals surface area contributed by atoms with E-state index in [0.29, 0.717) is 77.0 Å². The Labute approximate surface area is 398 Å². The van der Waals surface area contributed by atoms with Crippen LogP contribution < -0.4 is 33.2 Å². The summed E-state index contributed by atoms with van der Waals surface area (Å²) in [5.74, 6) is 3.58. The van der Waals surface area contributed by atoms with Crippen LogP contribution in [0.25, 0.3) is 0 Å². The van der Waals surface area contributed by atoms with Crippen molar-refractivity contribution in [3.8, 4) is 0 Å². The number of carbonyl (C=O) groups is 7. The third-order valence-electron chi connectivity index (χ3n) is 8.00. The summed E-state index contributed by atoms with van der Waals surface area (Å²) < 4.78 is 24.6. The zero-order chi connectivity index (χ0) is 51.2. The average molecular weight is 970 g/mol. The number of nitrogens with one attached hydrogen (secondary N) is 4. The van der Waals surface area contributed by atoms with E-state index >= 15 is 0 Å². The maximum Gasteiger partial charge on any atom is 0.431 e. The minimum Gasteiger partial charge on any atom is -0.442 e. The zero-order valence-electron chi connectivity index (χ0n) is 42.0. The molecule has 1 heterocycles. The molecule has 0 bridgehead atoms. The number of methoxy groups -OCH3 is 3. The van der Waals surface area contributed by atoms with Crippen LogP contribution in [0.5, 0.6) is 0 Å². The van der Waals surface area contributed by atoms with Gasteiger partial charge in [-0.25, -0.2) is 20.3 Å². The van der Waals surface area contributed by atoms with Crippen molar-refractivity contribution in [1.82, 2.24) is 26.7 Å². The maximum atomic E-state index is 11.5. The third-order valence-corrected chi connectivity index (χ3v) is 8.00. The second-order valence-corrected chi connectivity index (χ2v) is 16.8. The van der Waals surface area contributed by atoms with Crippen molar-refractivity contribution >= 4 is 41.8 Å². The van der Waals surface area contributed by atoms with Gasteiger partial charge in [-0.2, -0.15) is 11.0 Å². The zero-order valence-corrected chi connectivity index (χ0v) is 42.0. The summed E-state index contributed by atoms with van der Waals surface area (Å²) in [6, 6.07) is 0. The minimum atomic E-state index is -0.600. The number of hydrogen-bond acceptors (Lipinski definition) is 18. The van der Waals surface area contributed by atoms with Gasteiger partial charge in [-0.15, -0.1) is 5.06 Å². The van der Waals surface area contributed by atoms with Gasteiger partial charge in [0.2, 0.25) is 11.8 Å². The summed E-state index contributed by atoms with van der Waals surface area (Å²) in [5.41, 5.74) is 8.66. The fraction of sp³-hybridized carbons (Fsp3) is 0.841. The van der Waals surface area contributed by atoms with Gasteiger partial charge in [0.15, 0.2) is 0 Å². The lowest BCUT2D eigenvalue weighted by Gasteiger charge is -2.19. The van der Waals surface area contributed by atoms with Crippen LogP contribution in [0.2, 0.25) is 0 Å². The second-order valence-electron chi connectivity index (χ2n) is 16.8. The molecule has 6 amide bonds. The monoisotopic (exact) mass is 970 g/mol. The summed E-state index contributed by atoms with van der Waals surface area (Å²) in [5, 5.41) is 6.25.